The van der Waals surface area contributed by atoms with Crippen molar-refractivity contribution in [1.82, 2.24) is 19.7 Å². The number of rotatable bonds is 5. The Morgan fingerprint density at radius 3 is 2.74 bits per heavy atom. The molecule has 3 heterocycles. The van der Waals surface area contributed by atoms with Crippen molar-refractivity contribution in [3.8, 4) is 11.4 Å². The zero-order chi connectivity index (χ0) is 24.5. The van der Waals surface area contributed by atoms with Crippen molar-refractivity contribution >= 4 is 34.8 Å². The van der Waals surface area contributed by atoms with Crippen LogP contribution < -0.4 is 10.6 Å². The molecule has 0 aliphatic carbocycles. The number of nitro groups is 1. The molecule has 11 heteroatoms. The van der Waals surface area contributed by atoms with E-state index >= 15 is 0 Å². The number of pyridine rings is 1. The largest absolute Gasteiger partial charge is 0.328 e. The predicted octanol–water partition coefficient (Wildman–Crippen LogP) is 4.83. The summed E-state index contributed by atoms with van der Waals surface area (Å²) in [5, 5.41) is 22.6. The molecule has 0 saturated heterocycles. The molecule has 0 spiro atoms. The first-order valence-electron chi connectivity index (χ1n) is 10.6. The maximum atomic E-state index is 13.5. The average molecular weight is 488 g/mol. The van der Waals surface area contributed by atoms with E-state index in [1.807, 2.05) is 6.07 Å². The van der Waals surface area contributed by atoms with Gasteiger partial charge in [-0.25, -0.2) is 4.68 Å². The molecule has 174 valence electrons. The second-order valence-electron chi connectivity index (χ2n) is 7.80. The number of nitro benzene ring substituents is 1. The summed E-state index contributed by atoms with van der Waals surface area (Å²) in [7, 11) is 0. The summed E-state index contributed by atoms with van der Waals surface area (Å²) in [6.45, 7) is 1.75. The van der Waals surface area contributed by atoms with Crippen molar-refractivity contribution in [2.24, 2.45) is 0 Å². The number of carbonyl (C=O) groups is 1. The summed E-state index contributed by atoms with van der Waals surface area (Å²) in [4.78, 5) is 33.1. The highest BCUT2D eigenvalue weighted by molar-refractivity contribution is 6.33. The lowest BCUT2D eigenvalue weighted by molar-refractivity contribution is -0.384. The fourth-order valence-electron chi connectivity index (χ4n) is 3.95. The number of nitrogens with zero attached hydrogens (tertiary/aromatic N) is 5. The highest BCUT2D eigenvalue weighted by Crippen LogP contribution is 2.38. The summed E-state index contributed by atoms with van der Waals surface area (Å²) >= 11 is 6.36. The van der Waals surface area contributed by atoms with Crippen LogP contribution >= 0.6 is 11.6 Å². The van der Waals surface area contributed by atoms with E-state index in [2.05, 4.69) is 25.7 Å². The van der Waals surface area contributed by atoms with Crippen molar-refractivity contribution < 1.29 is 9.72 Å². The molecule has 2 aromatic carbocycles. The molecule has 2 aromatic heterocycles. The van der Waals surface area contributed by atoms with Crippen LogP contribution in [-0.4, -0.2) is 30.6 Å². The van der Waals surface area contributed by atoms with Gasteiger partial charge in [-0.15, -0.1) is 5.10 Å². The number of fused-ring (bicyclic) bond motifs is 1. The third-order valence-corrected chi connectivity index (χ3v) is 5.86. The van der Waals surface area contributed by atoms with Gasteiger partial charge in [-0.2, -0.15) is 4.98 Å². The van der Waals surface area contributed by atoms with Gasteiger partial charge in [0.15, 0.2) is 5.82 Å². The van der Waals surface area contributed by atoms with Crippen molar-refractivity contribution in [3.05, 3.63) is 105 Å². The first kappa shape index (κ1) is 22.2. The minimum Gasteiger partial charge on any atom is -0.328 e. The Bertz CT molecular complexity index is 1480. The van der Waals surface area contributed by atoms with Crippen LogP contribution in [-0.2, 0) is 4.79 Å². The summed E-state index contributed by atoms with van der Waals surface area (Å²) in [5.74, 6) is 0.335. The van der Waals surface area contributed by atoms with Gasteiger partial charge in [0.05, 0.1) is 27.4 Å². The lowest BCUT2D eigenvalue weighted by Gasteiger charge is -2.28. The van der Waals surface area contributed by atoms with Gasteiger partial charge in [-0.05, 0) is 36.8 Å². The summed E-state index contributed by atoms with van der Waals surface area (Å²) in [6.07, 6.45) is 3.13. The van der Waals surface area contributed by atoms with Crippen LogP contribution in [0.3, 0.4) is 0 Å². The Balaban J connectivity index is 1.65. The number of halogens is 1. The molecule has 0 fully saturated rings. The predicted molar refractivity (Wildman–Crippen MR) is 131 cm³/mol. The molecule has 1 atom stereocenters. The molecular formula is C24H18ClN7O3. The van der Waals surface area contributed by atoms with Crippen LogP contribution in [0.15, 0.2) is 84.3 Å². The van der Waals surface area contributed by atoms with E-state index in [-0.39, 0.29) is 5.69 Å². The van der Waals surface area contributed by atoms with Gasteiger partial charge in [0.1, 0.15) is 6.04 Å². The van der Waals surface area contributed by atoms with Crippen LogP contribution in [0.5, 0.6) is 0 Å². The Hall–Kier alpha value is -4.57. The molecule has 5 rings (SSSR count). The van der Waals surface area contributed by atoms with E-state index in [4.69, 9.17) is 11.6 Å². The van der Waals surface area contributed by atoms with Gasteiger partial charge < -0.3 is 10.6 Å². The average Bonchev–Trinajstić information content (AvgIpc) is 3.27. The third kappa shape index (κ3) is 4.22. The lowest BCUT2D eigenvalue weighted by Crippen LogP contribution is -2.31. The lowest BCUT2D eigenvalue weighted by atomic mass is 9.94. The van der Waals surface area contributed by atoms with Crippen LogP contribution in [0.25, 0.3) is 11.4 Å². The molecule has 1 aliphatic heterocycles. The number of non-ortho nitro benzene ring substituents is 1. The SMILES string of the molecule is CC1=C(C(=O)Nc2cccnc2)C(c2cccc([N+](=O)[O-])c2)n2nc(-c3ccccc3Cl)nc2N1. The number of allylic oxidation sites excluding steroid dienone is 1. The molecule has 10 nitrogen and oxygen atoms in total. The molecule has 1 unspecified atom stereocenters. The maximum absolute atomic E-state index is 13.5. The molecule has 1 aliphatic rings. The van der Waals surface area contributed by atoms with Gasteiger partial charge in [0.25, 0.3) is 11.6 Å². The number of benzene rings is 2. The Morgan fingerprint density at radius 1 is 1.17 bits per heavy atom. The summed E-state index contributed by atoms with van der Waals surface area (Å²) < 4.78 is 1.54. The summed E-state index contributed by atoms with van der Waals surface area (Å²) in [5.41, 5.74) is 2.41. The van der Waals surface area contributed by atoms with Crippen LogP contribution in [0, 0.1) is 10.1 Å². The standard InChI is InChI=1S/C24H18ClN7O3/c1-14-20(23(33)28-16-7-5-11-26-13-16)21(15-6-4-8-17(12-15)32(34)35)31-24(27-14)29-22(30-31)18-9-2-3-10-19(18)25/h2-13,21H,1H3,(H,28,33)(H,27,29,30). The van der Waals surface area contributed by atoms with Crippen LogP contribution in [0.1, 0.15) is 18.5 Å². The van der Waals surface area contributed by atoms with Crippen molar-refractivity contribution in [2.75, 3.05) is 10.6 Å². The van der Waals surface area contributed by atoms with E-state index in [0.29, 0.717) is 44.9 Å². The van der Waals surface area contributed by atoms with Crippen molar-refractivity contribution in [3.63, 3.8) is 0 Å². The molecule has 0 radical (unpaired) electrons. The minimum atomic E-state index is -0.786. The number of nitrogens with one attached hydrogen (secondary N) is 2. The number of aromatic nitrogens is 4. The van der Waals surface area contributed by atoms with Gasteiger partial charge in [-0.1, -0.05) is 35.9 Å². The van der Waals surface area contributed by atoms with E-state index in [1.165, 1.54) is 18.3 Å². The fraction of sp³-hybridized carbons (Fsp3) is 0.0833. The van der Waals surface area contributed by atoms with E-state index in [9.17, 15) is 14.9 Å². The van der Waals surface area contributed by atoms with Gasteiger partial charge in [0, 0.05) is 29.6 Å². The molecule has 0 bridgehead atoms. The molecule has 4 aromatic rings. The monoisotopic (exact) mass is 487 g/mol. The summed E-state index contributed by atoms with van der Waals surface area (Å²) in [6, 6.07) is 15.9. The highest BCUT2D eigenvalue weighted by atomic mass is 35.5. The molecular weight excluding hydrogens is 470 g/mol. The Morgan fingerprint density at radius 2 is 2.00 bits per heavy atom. The second kappa shape index (κ2) is 8.99. The Labute approximate surface area is 204 Å². The normalized spacial score (nSPS) is 14.7. The number of hydrogen-bond donors (Lipinski definition) is 2. The first-order chi connectivity index (χ1) is 16.9. The number of hydrogen-bond acceptors (Lipinski definition) is 7. The van der Waals surface area contributed by atoms with Crippen LogP contribution in [0.4, 0.5) is 17.3 Å². The number of anilines is 2. The molecule has 35 heavy (non-hydrogen) atoms. The zero-order valence-corrected chi connectivity index (χ0v) is 19.1. The van der Waals surface area contributed by atoms with E-state index in [0.717, 1.165) is 0 Å². The maximum Gasteiger partial charge on any atom is 0.269 e. The highest BCUT2D eigenvalue weighted by Gasteiger charge is 2.35. The molecule has 2 N–H and O–H groups in total. The van der Waals surface area contributed by atoms with Gasteiger partial charge in [-0.3, -0.25) is 19.9 Å². The van der Waals surface area contributed by atoms with Crippen molar-refractivity contribution in [2.45, 2.75) is 13.0 Å². The zero-order valence-electron chi connectivity index (χ0n) is 18.3. The number of carbonyl (C=O) groups excluding carboxylic acids is 1. The fourth-order valence-corrected chi connectivity index (χ4v) is 4.17. The van der Waals surface area contributed by atoms with Gasteiger partial charge >= 0.3 is 0 Å². The Kier molecular flexibility index (Phi) is 5.71. The third-order valence-electron chi connectivity index (χ3n) is 5.53. The van der Waals surface area contributed by atoms with E-state index in [1.54, 1.807) is 60.3 Å². The topological polar surface area (TPSA) is 128 Å². The molecule has 0 saturated carbocycles. The smallest absolute Gasteiger partial charge is 0.269 e. The van der Waals surface area contributed by atoms with Crippen molar-refractivity contribution in [1.29, 1.82) is 0 Å². The van der Waals surface area contributed by atoms with Crippen LogP contribution in [0.2, 0.25) is 5.02 Å². The molecule has 1 amide bonds. The number of amides is 1. The van der Waals surface area contributed by atoms with Gasteiger partial charge in [0.2, 0.25) is 5.95 Å². The first-order valence-corrected chi connectivity index (χ1v) is 10.9. The quantitative estimate of drug-likeness (QED) is 0.305. The second-order valence-corrected chi connectivity index (χ2v) is 8.20. The van der Waals surface area contributed by atoms with E-state index < -0.39 is 16.9 Å². The minimum absolute atomic E-state index is 0.0984.